The van der Waals surface area contributed by atoms with Gasteiger partial charge in [0, 0.05) is 28.1 Å². The summed E-state index contributed by atoms with van der Waals surface area (Å²) in [6, 6.07) is 14.2. The first kappa shape index (κ1) is 37.7. The van der Waals surface area contributed by atoms with Gasteiger partial charge in [0.25, 0.3) is 5.91 Å². The van der Waals surface area contributed by atoms with Crippen LogP contribution in [-0.4, -0.2) is 78.0 Å². The highest BCUT2D eigenvalue weighted by atomic mass is 35.5. The van der Waals surface area contributed by atoms with Gasteiger partial charge < -0.3 is 25.6 Å². The zero-order chi connectivity index (χ0) is 38.6. The lowest BCUT2D eigenvalue weighted by molar-refractivity contribution is -0.123. The monoisotopic (exact) mass is 734 g/mol. The van der Waals surface area contributed by atoms with Crippen LogP contribution in [-0.2, 0) is 20.9 Å². The van der Waals surface area contributed by atoms with E-state index in [1.807, 2.05) is 0 Å². The number of hydrogen-bond donors (Lipinski definition) is 3. The lowest BCUT2D eigenvalue weighted by Crippen LogP contribution is -2.43. The third kappa shape index (κ3) is 6.95. The number of nitrogens with zero attached hydrogens (tertiary/aromatic N) is 2. The Morgan fingerprint density at radius 3 is 2.42 bits per heavy atom. The number of primary amides is 1. The molecular formula is C35H23B4ClF4N4O5. The summed E-state index contributed by atoms with van der Waals surface area (Å²) >= 11 is 6.01. The van der Waals surface area contributed by atoms with Crippen LogP contribution in [0, 0.1) is 11.6 Å². The molecule has 5 aromatic rings. The summed E-state index contributed by atoms with van der Waals surface area (Å²) in [5.74, 6) is -4.44. The van der Waals surface area contributed by atoms with Crippen molar-refractivity contribution in [2.45, 2.75) is 29.7 Å². The zero-order valence-electron chi connectivity index (χ0n) is 27.6. The molecule has 2 amide bonds. The lowest BCUT2D eigenvalue weighted by atomic mass is 9.39. The van der Waals surface area contributed by atoms with Gasteiger partial charge in [-0.15, -0.1) is 5.11 Å². The van der Waals surface area contributed by atoms with Crippen LogP contribution < -0.4 is 26.1 Å². The molecule has 0 unspecified atom stereocenters. The van der Waals surface area contributed by atoms with Crippen LogP contribution in [0.3, 0.4) is 0 Å². The van der Waals surface area contributed by atoms with E-state index in [9.17, 15) is 27.9 Å². The van der Waals surface area contributed by atoms with Gasteiger partial charge in [0.05, 0.1) is 40.8 Å². The van der Waals surface area contributed by atoms with E-state index < -0.39 is 63.5 Å². The zero-order valence-corrected chi connectivity index (χ0v) is 28.3. The van der Waals surface area contributed by atoms with Gasteiger partial charge in [-0.1, -0.05) is 53.6 Å². The summed E-state index contributed by atoms with van der Waals surface area (Å²) in [7, 11) is 23.3. The Labute approximate surface area is 310 Å². The Balaban J connectivity index is 1.49. The molecule has 8 radical (unpaired) electrons. The van der Waals surface area contributed by atoms with Crippen molar-refractivity contribution in [3.8, 4) is 22.8 Å². The van der Waals surface area contributed by atoms with Gasteiger partial charge in [-0.25, -0.2) is 13.8 Å². The number of nitrogens with two attached hydrogens (primary N) is 1. The van der Waals surface area contributed by atoms with E-state index >= 15 is 4.39 Å². The van der Waals surface area contributed by atoms with Crippen molar-refractivity contribution in [2.75, 3.05) is 13.2 Å². The highest BCUT2D eigenvalue weighted by Gasteiger charge is 2.46. The normalized spacial score (nSPS) is 16.5. The number of alkyl halides is 2. The summed E-state index contributed by atoms with van der Waals surface area (Å²) in [5.41, 5.74) is 0.804. The summed E-state index contributed by atoms with van der Waals surface area (Å²) < 4.78 is 67.0. The molecule has 2 atom stereocenters. The third-order valence-electron chi connectivity index (χ3n) is 8.92. The fourth-order valence-corrected chi connectivity index (χ4v) is 6.15. The predicted octanol–water partition coefficient (Wildman–Crippen LogP) is 3.04. The van der Waals surface area contributed by atoms with Crippen molar-refractivity contribution in [2.24, 2.45) is 5.73 Å². The number of pyridine rings is 2. The molecule has 3 aromatic carbocycles. The topological polar surface area (TPSA) is 137 Å². The third-order valence-corrected chi connectivity index (χ3v) is 9.21. The molecule has 0 spiro atoms. The SMILES string of the molecule is [B]c1nc2c(OC(F)F)cc(C(=O)NC[C@@](O)(c3ccccc3)c3cc4c(c(-c5cc(Cl)c(F)cc5F)n3)OC[C@]4(C)C(N)=O)cc2cc1C([B])([B])[B]. The second-order valence-corrected chi connectivity index (χ2v) is 13.1. The minimum atomic E-state index is -3.32. The molecule has 18 heteroatoms. The van der Waals surface area contributed by atoms with Crippen molar-refractivity contribution in [3.05, 3.63) is 111 Å². The maximum Gasteiger partial charge on any atom is 0.387 e. The van der Waals surface area contributed by atoms with E-state index in [0.29, 0.717) is 6.07 Å². The highest BCUT2D eigenvalue weighted by molar-refractivity contribution is 6.60. The minimum absolute atomic E-state index is 0.0530. The molecule has 4 N–H and O–H groups in total. The van der Waals surface area contributed by atoms with Crippen LogP contribution in [0.15, 0.2) is 66.7 Å². The van der Waals surface area contributed by atoms with Crippen molar-refractivity contribution in [1.82, 2.24) is 15.3 Å². The second-order valence-electron chi connectivity index (χ2n) is 12.7. The van der Waals surface area contributed by atoms with Crippen LogP contribution in [0.1, 0.15) is 39.7 Å². The molecule has 9 nitrogen and oxygen atoms in total. The molecule has 0 saturated heterocycles. The molecular weight excluding hydrogens is 711 g/mol. The first-order valence-corrected chi connectivity index (χ1v) is 16.0. The molecule has 0 fully saturated rings. The Morgan fingerprint density at radius 2 is 1.77 bits per heavy atom. The Hall–Kier alpha value is -5.01. The number of hydrogen-bond acceptors (Lipinski definition) is 7. The smallest absolute Gasteiger partial charge is 0.387 e. The fraction of sp³-hybridized carbons (Fsp3) is 0.200. The van der Waals surface area contributed by atoms with E-state index in [1.54, 1.807) is 18.2 Å². The molecule has 3 heterocycles. The number of rotatable bonds is 10. The van der Waals surface area contributed by atoms with E-state index in [-0.39, 0.29) is 68.1 Å². The van der Waals surface area contributed by atoms with Gasteiger partial charge >= 0.3 is 6.61 Å². The number of aliphatic hydroxyl groups is 1. The summed E-state index contributed by atoms with van der Waals surface area (Å²) in [5, 5.41) is 12.7. The Bertz CT molecular complexity index is 2300. The Kier molecular flexibility index (Phi) is 9.80. The van der Waals surface area contributed by atoms with Crippen molar-refractivity contribution in [1.29, 1.82) is 0 Å². The average Bonchev–Trinajstić information content (AvgIpc) is 3.45. The lowest BCUT2D eigenvalue weighted by Gasteiger charge is -2.30. The maximum atomic E-state index is 15.4. The van der Waals surface area contributed by atoms with Crippen LogP contribution in [0.5, 0.6) is 11.5 Å². The van der Waals surface area contributed by atoms with Gasteiger partial charge in [-0.05, 0) is 42.3 Å². The van der Waals surface area contributed by atoms with Crippen molar-refractivity contribution in [3.63, 3.8) is 0 Å². The second kappa shape index (κ2) is 13.8. The summed E-state index contributed by atoms with van der Waals surface area (Å²) in [4.78, 5) is 35.1. The highest BCUT2D eigenvalue weighted by Crippen LogP contribution is 2.47. The molecule has 0 aliphatic carbocycles. The van der Waals surface area contributed by atoms with Crippen molar-refractivity contribution >= 4 is 71.3 Å². The van der Waals surface area contributed by atoms with Crippen LogP contribution >= 0.6 is 11.6 Å². The molecule has 1 aliphatic heterocycles. The molecule has 260 valence electrons. The number of aromatic nitrogens is 2. The fourth-order valence-electron chi connectivity index (χ4n) is 5.98. The van der Waals surface area contributed by atoms with Gasteiger partial charge in [0.1, 0.15) is 54.1 Å². The first-order chi connectivity index (χ1) is 24.8. The van der Waals surface area contributed by atoms with Crippen LogP contribution in [0.4, 0.5) is 17.6 Å². The average molecular weight is 734 g/mol. The van der Waals surface area contributed by atoms with E-state index in [0.717, 1.165) is 12.1 Å². The summed E-state index contributed by atoms with van der Waals surface area (Å²) in [6.07, 6.45) is 0. The number of amides is 2. The molecule has 2 aromatic heterocycles. The number of carbonyl (C=O) groups excluding carboxylic acids is 2. The van der Waals surface area contributed by atoms with Crippen molar-refractivity contribution < 1.29 is 41.7 Å². The maximum absolute atomic E-state index is 15.4. The van der Waals surface area contributed by atoms with E-state index in [1.165, 1.54) is 37.3 Å². The van der Waals surface area contributed by atoms with Gasteiger partial charge in [0.2, 0.25) is 5.91 Å². The minimum Gasteiger partial charge on any atom is -0.489 e. The predicted molar refractivity (Wildman–Crippen MR) is 191 cm³/mol. The molecule has 1 aliphatic rings. The van der Waals surface area contributed by atoms with Gasteiger partial charge in [-0.3, -0.25) is 14.6 Å². The number of nitrogens with one attached hydrogen (secondary N) is 1. The van der Waals surface area contributed by atoms with Gasteiger partial charge in [-0.2, -0.15) is 8.78 Å². The van der Waals surface area contributed by atoms with Crippen LogP contribution in [0.2, 0.25) is 5.02 Å². The molecule has 0 saturated carbocycles. The number of ether oxygens (including phenoxy) is 2. The number of carbonyl (C=O) groups is 2. The number of halogens is 5. The number of benzene rings is 3. The van der Waals surface area contributed by atoms with E-state index in [4.69, 9.17) is 53.5 Å². The van der Waals surface area contributed by atoms with Gasteiger partial charge in [0.15, 0.2) is 5.75 Å². The first-order valence-electron chi connectivity index (χ1n) is 15.6. The Morgan fingerprint density at radius 1 is 1.08 bits per heavy atom. The largest absolute Gasteiger partial charge is 0.489 e. The van der Waals surface area contributed by atoms with E-state index in [2.05, 4.69) is 20.0 Å². The molecule has 53 heavy (non-hydrogen) atoms. The van der Waals surface area contributed by atoms with Crippen LogP contribution in [0.25, 0.3) is 22.2 Å². The standard InChI is InChI=1S/C35H23B4ClF4N4O5/c1-33(31(45)50)14-52-28-19(33)11-25(47-27(28)18-10-21(40)23(42)12-22(18)41)34(51,17-5-3-2-4-6-17)13-46-30(49)16-7-15-8-20(35(37,38)39)29(36)48-26(15)24(9-16)53-32(43)44/h2-12,32,51H,13-14H2,1H3,(H2,45,50)(H,46,49)/t33-,34+/m0/s1. The summed E-state index contributed by atoms with van der Waals surface area (Å²) in [6.45, 7) is -2.77. The molecule has 6 rings (SSSR count). The molecule has 0 bridgehead atoms. The quantitative estimate of drug-likeness (QED) is 0.114. The number of fused-ring (bicyclic) bond motifs is 2.